The number of halogens is 1. The molecule has 100 valence electrons. The Hall–Kier alpha value is -1.56. The Kier molecular flexibility index (Phi) is 2.91. The highest BCUT2D eigenvalue weighted by molar-refractivity contribution is 7.17. The second-order valence-electron chi connectivity index (χ2n) is 4.59. The molecule has 20 heavy (non-hydrogen) atoms. The van der Waals surface area contributed by atoms with Gasteiger partial charge in [0.2, 0.25) is 0 Å². The monoisotopic (exact) mass is 303 g/mol. The number of fused-ring (bicyclic) bond motifs is 2. The third-order valence-electron chi connectivity index (χ3n) is 3.33. The van der Waals surface area contributed by atoms with Crippen molar-refractivity contribution in [1.82, 2.24) is 15.0 Å². The highest BCUT2D eigenvalue weighted by Crippen LogP contribution is 2.28. The zero-order chi connectivity index (χ0) is 13.5. The van der Waals surface area contributed by atoms with E-state index in [1.807, 2.05) is 11.4 Å². The minimum Gasteiger partial charge on any atom is -0.376 e. The van der Waals surface area contributed by atoms with Crippen LogP contribution in [0.25, 0.3) is 21.6 Å². The van der Waals surface area contributed by atoms with Gasteiger partial charge in [0.05, 0.1) is 29.1 Å². The molecule has 0 radical (unpaired) electrons. The standard InChI is InChI=1S/C14H10ClN3OS/c15-13-9-7-19-3-1-10(9)17-14(18-13)8-5-12-11(16-6-8)2-4-20-12/h2,4-6H,1,3,7H2. The van der Waals surface area contributed by atoms with E-state index in [1.54, 1.807) is 17.5 Å². The molecule has 0 saturated carbocycles. The Bertz CT molecular complexity index is 802. The molecule has 0 saturated heterocycles. The van der Waals surface area contributed by atoms with E-state index in [9.17, 15) is 0 Å². The van der Waals surface area contributed by atoms with Crippen LogP contribution in [0, 0.1) is 0 Å². The normalized spacial score (nSPS) is 14.4. The quantitative estimate of drug-likeness (QED) is 0.646. The molecule has 0 atom stereocenters. The molecule has 0 spiro atoms. The number of thiophene rings is 1. The van der Waals surface area contributed by atoms with Crippen LogP contribution in [0.3, 0.4) is 0 Å². The highest BCUT2D eigenvalue weighted by Gasteiger charge is 2.18. The van der Waals surface area contributed by atoms with Gasteiger partial charge in [0.25, 0.3) is 0 Å². The van der Waals surface area contributed by atoms with Crippen molar-refractivity contribution in [1.29, 1.82) is 0 Å². The van der Waals surface area contributed by atoms with Crippen molar-refractivity contribution in [3.05, 3.63) is 40.1 Å². The summed E-state index contributed by atoms with van der Waals surface area (Å²) < 4.78 is 6.52. The molecule has 0 bridgehead atoms. The predicted octanol–water partition coefficient (Wildman–Crippen LogP) is 3.48. The van der Waals surface area contributed by atoms with E-state index in [1.165, 1.54) is 0 Å². The van der Waals surface area contributed by atoms with Gasteiger partial charge in [-0.25, -0.2) is 9.97 Å². The van der Waals surface area contributed by atoms with Gasteiger partial charge in [0.15, 0.2) is 5.82 Å². The fourth-order valence-electron chi connectivity index (χ4n) is 2.29. The van der Waals surface area contributed by atoms with Crippen LogP contribution in [0.2, 0.25) is 5.15 Å². The van der Waals surface area contributed by atoms with Crippen molar-refractivity contribution in [2.45, 2.75) is 13.0 Å². The Morgan fingerprint density at radius 1 is 1.30 bits per heavy atom. The van der Waals surface area contributed by atoms with E-state index in [-0.39, 0.29) is 0 Å². The van der Waals surface area contributed by atoms with Gasteiger partial charge in [-0.2, -0.15) is 0 Å². The maximum absolute atomic E-state index is 6.25. The minimum atomic E-state index is 0.482. The van der Waals surface area contributed by atoms with Crippen molar-refractivity contribution >= 4 is 33.2 Å². The van der Waals surface area contributed by atoms with Crippen LogP contribution in [0.1, 0.15) is 11.3 Å². The van der Waals surface area contributed by atoms with E-state index in [0.717, 1.165) is 33.5 Å². The fourth-order valence-corrected chi connectivity index (χ4v) is 3.31. The van der Waals surface area contributed by atoms with E-state index < -0.39 is 0 Å². The molecule has 4 heterocycles. The number of pyridine rings is 1. The number of aromatic nitrogens is 3. The third kappa shape index (κ3) is 1.98. The number of ether oxygens (including phenoxy) is 1. The SMILES string of the molecule is Clc1nc(-c2cnc3ccsc3c2)nc2c1COCC2. The first kappa shape index (κ1) is 12.2. The van der Waals surface area contributed by atoms with Crippen LogP contribution >= 0.6 is 22.9 Å². The van der Waals surface area contributed by atoms with Crippen LogP contribution in [-0.4, -0.2) is 21.6 Å². The average molecular weight is 304 g/mol. The molecular formula is C14H10ClN3OS. The molecular weight excluding hydrogens is 294 g/mol. The molecule has 0 aromatic carbocycles. The van der Waals surface area contributed by atoms with Crippen LogP contribution in [-0.2, 0) is 17.8 Å². The van der Waals surface area contributed by atoms with E-state index in [0.29, 0.717) is 24.2 Å². The highest BCUT2D eigenvalue weighted by atomic mass is 35.5. The smallest absolute Gasteiger partial charge is 0.162 e. The van der Waals surface area contributed by atoms with Gasteiger partial charge < -0.3 is 4.74 Å². The first-order valence-electron chi connectivity index (χ1n) is 6.28. The van der Waals surface area contributed by atoms with Gasteiger partial charge in [-0.3, -0.25) is 4.98 Å². The summed E-state index contributed by atoms with van der Waals surface area (Å²) in [5.74, 6) is 0.637. The van der Waals surface area contributed by atoms with Crippen LogP contribution < -0.4 is 0 Å². The van der Waals surface area contributed by atoms with Gasteiger partial charge in [-0.15, -0.1) is 11.3 Å². The van der Waals surface area contributed by atoms with Gasteiger partial charge in [-0.05, 0) is 17.5 Å². The van der Waals surface area contributed by atoms with Crippen molar-refractivity contribution in [3.63, 3.8) is 0 Å². The topological polar surface area (TPSA) is 47.9 Å². The second-order valence-corrected chi connectivity index (χ2v) is 5.90. The van der Waals surface area contributed by atoms with Crippen molar-refractivity contribution < 1.29 is 4.74 Å². The molecule has 4 rings (SSSR count). The molecule has 4 nitrogen and oxygen atoms in total. The number of hydrogen-bond acceptors (Lipinski definition) is 5. The lowest BCUT2D eigenvalue weighted by Crippen LogP contribution is -2.14. The molecule has 0 amide bonds. The summed E-state index contributed by atoms with van der Waals surface area (Å²) in [6.45, 7) is 1.18. The molecule has 3 aromatic rings. The molecule has 0 aliphatic carbocycles. The first-order chi connectivity index (χ1) is 9.81. The largest absolute Gasteiger partial charge is 0.376 e. The fraction of sp³-hybridized carbons (Fsp3) is 0.214. The summed E-state index contributed by atoms with van der Waals surface area (Å²) in [4.78, 5) is 13.4. The lowest BCUT2D eigenvalue weighted by Gasteiger charge is -2.17. The Morgan fingerprint density at radius 3 is 3.20 bits per heavy atom. The summed E-state index contributed by atoms with van der Waals surface area (Å²) in [6.07, 6.45) is 2.58. The summed E-state index contributed by atoms with van der Waals surface area (Å²) in [7, 11) is 0. The summed E-state index contributed by atoms with van der Waals surface area (Å²) >= 11 is 7.90. The summed E-state index contributed by atoms with van der Waals surface area (Å²) in [5.41, 5.74) is 3.79. The third-order valence-corrected chi connectivity index (χ3v) is 4.50. The Labute approximate surface area is 124 Å². The van der Waals surface area contributed by atoms with Crippen molar-refractivity contribution in [3.8, 4) is 11.4 Å². The molecule has 1 aliphatic heterocycles. The van der Waals surface area contributed by atoms with E-state index >= 15 is 0 Å². The lowest BCUT2D eigenvalue weighted by atomic mass is 10.1. The lowest BCUT2D eigenvalue weighted by molar-refractivity contribution is 0.109. The predicted molar refractivity (Wildman–Crippen MR) is 79.0 cm³/mol. The maximum atomic E-state index is 6.25. The second kappa shape index (κ2) is 4.77. The molecule has 0 fully saturated rings. The molecule has 6 heteroatoms. The van der Waals surface area contributed by atoms with Gasteiger partial charge in [-0.1, -0.05) is 11.6 Å². The maximum Gasteiger partial charge on any atom is 0.162 e. The summed E-state index contributed by atoms with van der Waals surface area (Å²) in [6, 6.07) is 4.06. The number of rotatable bonds is 1. The van der Waals surface area contributed by atoms with Gasteiger partial charge in [0, 0.05) is 23.7 Å². The molecule has 3 aromatic heterocycles. The molecule has 0 N–H and O–H groups in total. The van der Waals surface area contributed by atoms with Gasteiger partial charge >= 0.3 is 0 Å². The van der Waals surface area contributed by atoms with E-state index in [4.69, 9.17) is 16.3 Å². The number of hydrogen-bond donors (Lipinski definition) is 0. The Balaban J connectivity index is 1.86. The molecule has 1 aliphatic rings. The first-order valence-corrected chi connectivity index (χ1v) is 7.54. The van der Waals surface area contributed by atoms with Crippen molar-refractivity contribution in [2.24, 2.45) is 0 Å². The molecule has 0 unspecified atom stereocenters. The van der Waals surface area contributed by atoms with Crippen LogP contribution in [0.5, 0.6) is 0 Å². The average Bonchev–Trinajstić information content (AvgIpc) is 2.94. The zero-order valence-electron chi connectivity index (χ0n) is 10.5. The number of nitrogens with zero attached hydrogens (tertiary/aromatic N) is 3. The van der Waals surface area contributed by atoms with E-state index in [2.05, 4.69) is 21.0 Å². The summed E-state index contributed by atoms with van der Waals surface area (Å²) in [5, 5.41) is 2.51. The van der Waals surface area contributed by atoms with Gasteiger partial charge in [0.1, 0.15) is 5.15 Å². The zero-order valence-corrected chi connectivity index (χ0v) is 12.0. The van der Waals surface area contributed by atoms with Crippen molar-refractivity contribution in [2.75, 3.05) is 6.61 Å². The van der Waals surface area contributed by atoms with Crippen LogP contribution in [0.4, 0.5) is 0 Å². The Morgan fingerprint density at radius 2 is 2.25 bits per heavy atom. The minimum absolute atomic E-state index is 0.482. The van der Waals surface area contributed by atoms with Crippen LogP contribution in [0.15, 0.2) is 23.7 Å².